The summed E-state index contributed by atoms with van der Waals surface area (Å²) in [6.07, 6.45) is 0.334. The SMILES string of the molecule is O=C(O)CCc1ccc(=O)n(Cc2ccccc2)n1. The van der Waals surface area contributed by atoms with E-state index < -0.39 is 5.97 Å². The summed E-state index contributed by atoms with van der Waals surface area (Å²) >= 11 is 0. The molecule has 0 radical (unpaired) electrons. The number of aromatic nitrogens is 2. The molecular formula is C14H14N2O3. The van der Waals surface area contributed by atoms with Gasteiger partial charge in [-0.3, -0.25) is 9.59 Å². The first-order valence-corrected chi connectivity index (χ1v) is 5.98. The second-order valence-corrected chi connectivity index (χ2v) is 4.20. The Labute approximate surface area is 110 Å². The molecule has 1 N–H and O–H groups in total. The van der Waals surface area contributed by atoms with Gasteiger partial charge in [-0.2, -0.15) is 5.10 Å². The Morgan fingerprint density at radius 3 is 2.58 bits per heavy atom. The minimum atomic E-state index is -0.873. The molecule has 1 aromatic carbocycles. The fourth-order valence-corrected chi connectivity index (χ4v) is 1.73. The highest BCUT2D eigenvalue weighted by Gasteiger charge is 2.04. The summed E-state index contributed by atoms with van der Waals surface area (Å²) in [4.78, 5) is 22.2. The van der Waals surface area contributed by atoms with Gasteiger partial charge in [0.25, 0.3) is 5.56 Å². The predicted molar refractivity (Wildman–Crippen MR) is 70.0 cm³/mol. The lowest BCUT2D eigenvalue weighted by Gasteiger charge is -2.06. The van der Waals surface area contributed by atoms with Gasteiger partial charge in [0.1, 0.15) is 0 Å². The van der Waals surface area contributed by atoms with Crippen LogP contribution in [-0.4, -0.2) is 20.9 Å². The number of carboxylic acids is 1. The Bertz CT molecular complexity index is 620. The van der Waals surface area contributed by atoms with E-state index in [-0.39, 0.29) is 12.0 Å². The minimum Gasteiger partial charge on any atom is -0.481 e. The average Bonchev–Trinajstić information content (AvgIpc) is 2.41. The lowest BCUT2D eigenvalue weighted by Crippen LogP contribution is -2.23. The van der Waals surface area contributed by atoms with Gasteiger partial charge in [-0.1, -0.05) is 30.3 Å². The number of rotatable bonds is 5. The molecule has 0 aliphatic rings. The van der Waals surface area contributed by atoms with Crippen LogP contribution >= 0.6 is 0 Å². The van der Waals surface area contributed by atoms with Crippen molar-refractivity contribution in [2.24, 2.45) is 0 Å². The molecule has 0 aliphatic heterocycles. The maximum absolute atomic E-state index is 11.7. The number of aliphatic carboxylic acids is 1. The van der Waals surface area contributed by atoms with Gasteiger partial charge < -0.3 is 5.11 Å². The molecule has 0 saturated carbocycles. The molecule has 0 spiro atoms. The number of carbonyl (C=O) groups is 1. The summed E-state index contributed by atoms with van der Waals surface area (Å²) in [5.41, 5.74) is 1.40. The van der Waals surface area contributed by atoms with Gasteiger partial charge in [0.2, 0.25) is 0 Å². The average molecular weight is 258 g/mol. The molecule has 5 heteroatoms. The normalized spacial score (nSPS) is 10.3. The molecule has 2 aromatic rings. The van der Waals surface area contributed by atoms with Crippen LogP contribution in [0.25, 0.3) is 0 Å². The predicted octanol–water partition coefficient (Wildman–Crippen LogP) is 1.31. The van der Waals surface area contributed by atoms with Crippen molar-refractivity contribution in [1.82, 2.24) is 9.78 Å². The second-order valence-electron chi connectivity index (χ2n) is 4.20. The zero-order chi connectivity index (χ0) is 13.7. The van der Waals surface area contributed by atoms with Gasteiger partial charge in [-0.15, -0.1) is 0 Å². The number of hydrogen-bond donors (Lipinski definition) is 1. The van der Waals surface area contributed by atoms with E-state index in [0.29, 0.717) is 18.7 Å². The largest absolute Gasteiger partial charge is 0.481 e. The number of aryl methyl sites for hydroxylation is 1. The minimum absolute atomic E-state index is 0.0105. The maximum atomic E-state index is 11.7. The van der Waals surface area contributed by atoms with E-state index >= 15 is 0 Å². The van der Waals surface area contributed by atoms with Crippen LogP contribution in [0, 0.1) is 0 Å². The summed E-state index contributed by atoms with van der Waals surface area (Å²) in [6, 6.07) is 12.5. The molecule has 0 atom stereocenters. The van der Waals surface area contributed by atoms with Crippen LogP contribution < -0.4 is 5.56 Å². The molecule has 0 saturated heterocycles. The van der Waals surface area contributed by atoms with E-state index in [4.69, 9.17) is 5.11 Å². The van der Waals surface area contributed by atoms with Gasteiger partial charge in [0.05, 0.1) is 18.7 Å². The molecule has 0 amide bonds. The lowest BCUT2D eigenvalue weighted by molar-refractivity contribution is -0.136. The Morgan fingerprint density at radius 2 is 1.89 bits per heavy atom. The maximum Gasteiger partial charge on any atom is 0.303 e. The molecule has 0 bridgehead atoms. The fraction of sp³-hybridized carbons (Fsp3) is 0.214. The van der Waals surface area contributed by atoms with Crippen molar-refractivity contribution in [2.45, 2.75) is 19.4 Å². The van der Waals surface area contributed by atoms with E-state index in [1.807, 2.05) is 30.3 Å². The molecule has 0 fully saturated rings. The molecule has 0 aliphatic carbocycles. The molecule has 98 valence electrons. The molecule has 2 rings (SSSR count). The van der Waals surface area contributed by atoms with Crippen LogP contribution in [0.3, 0.4) is 0 Å². The van der Waals surface area contributed by atoms with Crippen LogP contribution in [0.15, 0.2) is 47.3 Å². The van der Waals surface area contributed by atoms with E-state index in [1.54, 1.807) is 6.07 Å². The first kappa shape index (κ1) is 13.0. The van der Waals surface area contributed by atoms with Crippen molar-refractivity contribution >= 4 is 5.97 Å². The fourth-order valence-electron chi connectivity index (χ4n) is 1.73. The summed E-state index contributed by atoms with van der Waals surface area (Å²) in [6.45, 7) is 0.389. The van der Waals surface area contributed by atoms with Crippen LogP contribution in [0.4, 0.5) is 0 Å². The highest BCUT2D eigenvalue weighted by Crippen LogP contribution is 2.01. The monoisotopic (exact) mass is 258 g/mol. The topological polar surface area (TPSA) is 72.2 Å². The third kappa shape index (κ3) is 3.77. The van der Waals surface area contributed by atoms with Crippen molar-refractivity contribution in [3.05, 3.63) is 64.1 Å². The molecule has 19 heavy (non-hydrogen) atoms. The van der Waals surface area contributed by atoms with Crippen LogP contribution in [0.2, 0.25) is 0 Å². The summed E-state index contributed by atoms with van der Waals surface area (Å²) in [5, 5.41) is 12.8. The van der Waals surface area contributed by atoms with Crippen molar-refractivity contribution in [3.8, 4) is 0 Å². The Balaban J connectivity index is 2.18. The Kier molecular flexibility index (Phi) is 4.07. The highest BCUT2D eigenvalue weighted by molar-refractivity contribution is 5.66. The molecule has 5 nitrogen and oxygen atoms in total. The van der Waals surface area contributed by atoms with Crippen LogP contribution in [0.1, 0.15) is 17.7 Å². The first-order chi connectivity index (χ1) is 9.15. The third-order valence-corrected chi connectivity index (χ3v) is 2.69. The van der Waals surface area contributed by atoms with Crippen LogP contribution in [0.5, 0.6) is 0 Å². The van der Waals surface area contributed by atoms with Crippen molar-refractivity contribution < 1.29 is 9.90 Å². The van der Waals surface area contributed by atoms with Crippen molar-refractivity contribution in [3.63, 3.8) is 0 Å². The summed E-state index contributed by atoms with van der Waals surface area (Å²) in [5.74, 6) is -0.873. The molecule has 0 unspecified atom stereocenters. The van der Waals surface area contributed by atoms with Gasteiger partial charge in [-0.25, -0.2) is 4.68 Å². The molecule has 1 aromatic heterocycles. The zero-order valence-electron chi connectivity index (χ0n) is 10.3. The third-order valence-electron chi connectivity index (χ3n) is 2.69. The highest BCUT2D eigenvalue weighted by atomic mass is 16.4. The van der Waals surface area contributed by atoms with Crippen LogP contribution in [-0.2, 0) is 17.8 Å². The van der Waals surface area contributed by atoms with E-state index in [0.717, 1.165) is 5.56 Å². The summed E-state index contributed by atoms with van der Waals surface area (Å²) in [7, 11) is 0. The zero-order valence-corrected chi connectivity index (χ0v) is 10.3. The van der Waals surface area contributed by atoms with Gasteiger partial charge in [0.15, 0.2) is 0 Å². The lowest BCUT2D eigenvalue weighted by atomic mass is 10.2. The van der Waals surface area contributed by atoms with Gasteiger partial charge in [0, 0.05) is 12.5 Å². The van der Waals surface area contributed by atoms with E-state index in [9.17, 15) is 9.59 Å². The number of carboxylic acid groups (broad SMARTS) is 1. The number of nitrogens with zero attached hydrogens (tertiary/aromatic N) is 2. The second kappa shape index (κ2) is 5.95. The number of benzene rings is 1. The van der Waals surface area contributed by atoms with Gasteiger partial charge in [-0.05, 0) is 11.6 Å². The van der Waals surface area contributed by atoms with Crippen molar-refractivity contribution in [1.29, 1.82) is 0 Å². The Hall–Kier alpha value is -2.43. The summed E-state index contributed by atoms with van der Waals surface area (Å²) < 4.78 is 1.35. The number of hydrogen-bond acceptors (Lipinski definition) is 3. The first-order valence-electron chi connectivity index (χ1n) is 5.98. The molecular weight excluding hydrogens is 244 g/mol. The molecule has 1 heterocycles. The quantitative estimate of drug-likeness (QED) is 0.877. The Morgan fingerprint density at radius 1 is 1.16 bits per heavy atom. The van der Waals surface area contributed by atoms with E-state index in [2.05, 4.69) is 5.10 Å². The van der Waals surface area contributed by atoms with E-state index in [1.165, 1.54) is 10.7 Å². The van der Waals surface area contributed by atoms with Gasteiger partial charge >= 0.3 is 5.97 Å². The smallest absolute Gasteiger partial charge is 0.303 e. The standard InChI is InChI=1S/C14H14N2O3/c17-13-8-6-12(7-9-14(18)19)15-16(13)10-11-4-2-1-3-5-11/h1-6,8H,7,9-10H2,(H,18,19). The van der Waals surface area contributed by atoms with Crippen molar-refractivity contribution in [2.75, 3.05) is 0 Å².